The summed E-state index contributed by atoms with van der Waals surface area (Å²) in [5.74, 6) is 0.725. The zero-order valence-corrected chi connectivity index (χ0v) is 15.5. The molecule has 0 atom stereocenters. The van der Waals surface area contributed by atoms with Crippen molar-refractivity contribution in [3.8, 4) is 17.0 Å². The first-order chi connectivity index (χ1) is 12.9. The molecule has 0 saturated heterocycles. The molecule has 3 aromatic heterocycles. The van der Waals surface area contributed by atoms with Crippen LogP contribution in [-0.4, -0.2) is 49.3 Å². The lowest BCUT2D eigenvalue weighted by Crippen LogP contribution is -2.25. The minimum Gasteiger partial charge on any atom is -0.480 e. The van der Waals surface area contributed by atoms with Crippen molar-refractivity contribution >= 4 is 28.0 Å². The van der Waals surface area contributed by atoms with Gasteiger partial charge in [-0.2, -0.15) is 9.97 Å². The molecule has 0 amide bonds. The molecule has 0 radical (unpaired) electrons. The van der Waals surface area contributed by atoms with E-state index in [1.807, 2.05) is 31.4 Å². The van der Waals surface area contributed by atoms with E-state index in [2.05, 4.69) is 30.6 Å². The van der Waals surface area contributed by atoms with E-state index in [1.165, 1.54) is 13.8 Å². The lowest BCUT2D eigenvalue weighted by atomic mass is 10.1. The highest BCUT2D eigenvalue weighted by Gasteiger charge is 2.19. The van der Waals surface area contributed by atoms with Gasteiger partial charge in [0.1, 0.15) is 16.8 Å². The van der Waals surface area contributed by atoms with E-state index in [0.29, 0.717) is 17.5 Å². The molecule has 9 heteroatoms. The fourth-order valence-electron chi connectivity index (χ4n) is 2.94. The Labute approximate surface area is 154 Å². The standard InChI is InChI=1S/C18H20FN7O/c1-18(2,19)9-21-17-22-15-14(16(23-17)27-4)11(8-20-15)10-5-6-12-13(7-10)26(3)25-24-12/h5-8H,9H2,1-4H3,(H2,20,21,22,23). The highest BCUT2D eigenvalue weighted by atomic mass is 19.1. The molecule has 4 rings (SSSR count). The number of aryl methyl sites for hydroxylation is 1. The Balaban J connectivity index is 1.80. The van der Waals surface area contributed by atoms with Crippen molar-refractivity contribution in [2.45, 2.75) is 19.5 Å². The highest BCUT2D eigenvalue weighted by Crippen LogP contribution is 2.35. The van der Waals surface area contributed by atoms with Gasteiger partial charge in [-0.1, -0.05) is 11.3 Å². The van der Waals surface area contributed by atoms with E-state index >= 15 is 0 Å². The maximum Gasteiger partial charge on any atom is 0.228 e. The average molecular weight is 369 g/mol. The minimum atomic E-state index is -1.38. The SMILES string of the molecule is COc1nc(NCC(C)(C)F)nc2[nH]cc(-c3ccc4nnn(C)c4c3)c12. The van der Waals surface area contributed by atoms with Crippen LogP contribution in [0.4, 0.5) is 10.3 Å². The van der Waals surface area contributed by atoms with E-state index in [9.17, 15) is 4.39 Å². The number of alkyl halides is 1. The van der Waals surface area contributed by atoms with Crippen LogP contribution in [0.1, 0.15) is 13.8 Å². The molecule has 0 aliphatic carbocycles. The van der Waals surface area contributed by atoms with Gasteiger partial charge >= 0.3 is 0 Å². The van der Waals surface area contributed by atoms with Crippen LogP contribution < -0.4 is 10.1 Å². The number of fused-ring (bicyclic) bond motifs is 2. The number of ether oxygens (including phenoxy) is 1. The second-order valence-corrected chi connectivity index (χ2v) is 6.97. The fourth-order valence-corrected chi connectivity index (χ4v) is 2.94. The third-order valence-corrected chi connectivity index (χ3v) is 4.28. The Morgan fingerprint density at radius 1 is 1.30 bits per heavy atom. The Morgan fingerprint density at radius 2 is 2.11 bits per heavy atom. The van der Waals surface area contributed by atoms with Gasteiger partial charge in [0, 0.05) is 18.8 Å². The largest absolute Gasteiger partial charge is 0.480 e. The summed E-state index contributed by atoms with van der Waals surface area (Å²) in [6, 6.07) is 5.90. The Hall–Kier alpha value is -3.23. The van der Waals surface area contributed by atoms with Crippen molar-refractivity contribution in [3.63, 3.8) is 0 Å². The van der Waals surface area contributed by atoms with Crippen LogP contribution in [0, 0.1) is 0 Å². The summed E-state index contributed by atoms with van der Waals surface area (Å²) in [7, 11) is 3.40. The number of aromatic nitrogens is 6. The molecule has 0 aliphatic heterocycles. The average Bonchev–Trinajstić information content (AvgIpc) is 3.22. The van der Waals surface area contributed by atoms with Crippen LogP contribution in [0.25, 0.3) is 33.2 Å². The van der Waals surface area contributed by atoms with Crippen molar-refractivity contribution in [1.29, 1.82) is 0 Å². The first-order valence-electron chi connectivity index (χ1n) is 8.51. The van der Waals surface area contributed by atoms with Crippen LogP contribution in [0.15, 0.2) is 24.4 Å². The Bertz CT molecular complexity index is 1130. The number of hydrogen-bond donors (Lipinski definition) is 2. The number of anilines is 1. The van der Waals surface area contributed by atoms with Gasteiger partial charge in [0.15, 0.2) is 0 Å². The van der Waals surface area contributed by atoms with E-state index in [-0.39, 0.29) is 6.54 Å². The van der Waals surface area contributed by atoms with Crippen LogP contribution in [-0.2, 0) is 7.05 Å². The van der Waals surface area contributed by atoms with Gasteiger partial charge in [0.05, 0.1) is 24.6 Å². The van der Waals surface area contributed by atoms with Gasteiger partial charge in [-0.25, -0.2) is 9.07 Å². The summed E-state index contributed by atoms with van der Waals surface area (Å²) >= 11 is 0. The zero-order valence-electron chi connectivity index (χ0n) is 15.5. The summed E-state index contributed by atoms with van der Waals surface area (Å²) in [5.41, 5.74) is 2.85. The molecule has 4 aromatic rings. The lowest BCUT2D eigenvalue weighted by molar-refractivity contribution is 0.234. The molecular formula is C18H20FN7O. The zero-order chi connectivity index (χ0) is 19.2. The Kier molecular flexibility index (Phi) is 3.94. The molecule has 0 fully saturated rings. The molecule has 0 saturated carbocycles. The number of aromatic amines is 1. The number of nitrogens with zero attached hydrogens (tertiary/aromatic N) is 5. The van der Waals surface area contributed by atoms with Gasteiger partial charge in [-0.05, 0) is 31.5 Å². The summed E-state index contributed by atoms with van der Waals surface area (Å²) in [6.07, 6.45) is 1.86. The van der Waals surface area contributed by atoms with Crippen LogP contribution in [0.5, 0.6) is 5.88 Å². The summed E-state index contributed by atoms with van der Waals surface area (Å²) in [6.45, 7) is 3.08. The van der Waals surface area contributed by atoms with Gasteiger partial charge in [0.25, 0.3) is 0 Å². The van der Waals surface area contributed by atoms with Gasteiger partial charge < -0.3 is 15.0 Å². The molecule has 1 aromatic carbocycles. The number of rotatable bonds is 5. The molecule has 0 spiro atoms. The maximum atomic E-state index is 13.8. The van der Waals surface area contributed by atoms with E-state index in [4.69, 9.17) is 4.74 Å². The van der Waals surface area contributed by atoms with Gasteiger partial charge in [-0.3, -0.25) is 0 Å². The van der Waals surface area contributed by atoms with Crippen LogP contribution in [0.2, 0.25) is 0 Å². The first kappa shape index (κ1) is 17.2. The van der Waals surface area contributed by atoms with Crippen molar-refractivity contribution in [1.82, 2.24) is 29.9 Å². The molecule has 3 heterocycles. The molecular weight excluding hydrogens is 349 g/mol. The molecule has 8 nitrogen and oxygen atoms in total. The van der Waals surface area contributed by atoms with Crippen LogP contribution in [0.3, 0.4) is 0 Å². The molecule has 27 heavy (non-hydrogen) atoms. The second kappa shape index (κ2) is 6.19. The predicted molar refractivity (Wildman–Crippen MR) is 102 cm³/mol. The van der Waals surface area contributed by atoms with Crippen molar-refractivity contribution < 1.29 is 9.13 Å². The third-order valence-electron chi connectivity index (χ3n) is 4.28. The van der Waals surface area contributed by atoms with Crippen molar-refractivity contribution in [2.75, 3.05) is 19.0 Å². The summed E-state index contributed by atoms with van der Waals surface area (Å²) < 4.78 is 21.0. The number of hydrogen-bond acceptors (Lipinski definition) is 6. The van der Waals surface area contributed by atoms with Crippen molar-refractivity contribution in [3.05, 3.63) is 24.4 Å². The van der Waals surface area contributed by atoms with E-state index in [1.54, 1.807) is 11.8 Å². The number of nitrogens with one attached hydrogen (secondary N) is 2. The molecule has 0 aliphatic rings. The minimum absolute atomic E-state index is 0.0966. The molecule has 0 unspecified atom stereocenters. The third kappa shape index (κ3) is 3.16. The lowest BCUT2D eigenvalue weighted by Gasteiger charge is -2.15. The van der Waals surface area contributed by atoms with E-state index in [0.717, 1.165) is 27.5 Å². The van der Waals surface area contributed by atoms with Gasteiger partial charge in [0.2, 0.25) is 11.8 Å². The van der Waals surface area contributed by atoms with Crippen LogP contribution >= 0.6 is 0 Å². The monoisotopic (exact) mass is 369 g/mol. The number of H-pyrrole nitrogens is 1. The first-order valence-corrected chi connectivity index (χ1v) is 8.51. The predicted octanol–water partition coefficient (Wildman–Crippen LogP) is 3.08. The topological polar surface area (TPSA) is 93.5 Å². The number of benzene rings is 1. The normalized spacial score (nSPS) is 12.0. The molecule has 140 valence electrons. The number of methoxy groups -OCH3 is 1. The highest BCUT2D eigenvalue weighted by molar-refractivity contribution is 5.99. The summed E-state index contributed by atoms with van der Waals surface area (Å²) in [5, 5.41) is 11.8. The van der Waals surface area contributed by atoms with E-state index < -0.39 is 5.67 Å². The summed E-state index contributed by atoms with van der Waals surface area (Å²) in [4.78, 5) is 12.0. The van der Waals surface area contributed by atoms with Gasteiger partial charge in [-0.15, -0.1) is 5.10 Å². The quantitative estimate of drug-likeness (QED) is 0.561. The molecule has 0 bridgehead atoms. The molecule has 2 N–H and O–H groups in total. The second-order valence-electron chi connectivity index (χ2n) is 6.97. The number of halogens is 1. The maximum absolute atomic E-state index is 13.8. The smallest absolute Gasteiger partial charge is 0.228 e. The fraction of sp³-hybridized carbons (Fsp3) is 0.333. The Morgan fingerprint density at radius 3 is 2.85 bits per heavy atom. The van der Waals surface area contributed by atoms with Crippen molar-refractivity contribution in [2.24, 2.45) is 7.05 Å².